The lowest BCUT2D eigenvalue weighted by molar-refractivity contribution is 0.138. The first-order valence-electron chi connectivity index (χ1n) is 5.38. The molecule has 1 saturated carbocycles. The molecule has 74 valence electrons. The fourth-order valence-electron chi connectivity index (χ4n) is 2.23. The van der Waals surface area contributed by atoms with E-state index in [9.17, 15) is 0 Å². The van der Waals surface area contributed by atoms with Gasteiger partial charge in [0.15, 0.2) is 0 Å². The Kier molecular flexibility index (Phi) is 4.24. The first-order chi connectivity index (χ1) is 6.25. The molecule has 1 aliphatic carbocycles. The fraction of sp³-hybridized carbons (Fsp3) is 0.909. The third-order valence-electron chi connectivity index (χ3n) is 2.96. The monoisotopic (exact) mass is 180 g/mol. The average Bonchev–Trinajstić information content (AvgIpc) is 2.15. The average molecular weight is 180 g/mol. The lowest BCUT2D eigenvalue weighted by Crippen LogP contribution is -2.41. The molecule has 0 N–H and O–H groups in total. The van der Waals surface area contributed by atoms with E-state index in [0.29, 0.717) is 18.6 Å². The number of hydrogen-bond acceptors (Lipinski definition) is 2. The molecule has 0 unspecified atom stereocenters. The summed E-state index contributed by atoms with van der Waals surface area (Å²) < 4.78 is 0. The van der Waals surface area contributed by atoms with Crippen LogP contribution < -0.4 is 0 Å². The van der Waals surface area contributed by atoms with Gasteiger partial charge in [-0.25, -0.2) is 0 Å². The predicted octanol–water partition coefficient (Wildman–Crippen LogP) is 2.55. The zero-order chi connectivity index (χ0) is 9.68. The maximum atomic E-state index is 8.72. The highest BCUT2D eigenvalue weighted by Gasteiger charge is 2.22. The van der Waals surface area contributed by atoms with Crippen LogP contribution in [0.2, 0.25) is 0 Å². The quantitative estimate of drug-likeness (QED) is 0.624. The molecular weight excluding hydrogens is 160 g/mol. The first-order valence-corrected chi connectivity index (χ1v) is 5.38. The van der Waals surface area contributed by atoms with Crippen molar-refractivity contribution < 1.29 is 0 Å². The molecule has 0 heterocycles. The zero-order valence-corrected chi connectivity index (χ0v) is 8.79. The second kappa shape index (κ2) is 5.24. The van der Waals surface area contributed by atoms with E-state index < -0.39 is 0 Å². The van der Waals surface area contributed by atoms with Gasteiger partial charge in [0.2, 0.25) is 0 Å². The van der Waals surface area contributed by atoms with Gasteiger partial charge in [-0.1, -0.05) is 19.3 Å². The van der Waals surface area contributed by atoms with Crippen molar-refractivity contribution in [1.82, 2.24) is 4.90 Å². The van der Waals surface area contributed by atoms with Gasteiger partial charge in [-0.15, -0.1) is 0 Å². The molecule has 0 aromatic heterocycles. The number of hydrogen-bond donors (Lipinski definition) is 0. The molecule has 0 aromatic carbocycles. The summed E-state index contributed by atoms with van der Waals surface area (Å²) in [5.41, 5.74) is 0. The Labute approximate surface area is 81.5 Å². The van der Waals surface area contributed by atoms with Gasteiger partial charge >= 0.3 is 0 Å². The minimum absolute atomic E-state index is 0.516. The number of nitriles is 1. The SMILES string of the molecule is CC(C)N(CC#N)C1CCCCC1. The van der Waals surface area contributed by atoms with E-state index in [2.05, 4.69) is 24.8 Å². The standard InChI is InChI=1S/C11H20N2/c1-10(2)13(9-8-12)11-6-4-3-5-7-11/h10-11H,3-7,9H2,1-2H3. The molecular formula is C11H20N2. The van der Waals surface area contributed by atoms with Crippen molar-refractivity contribution in [3.8, 4) is 6.07 Å². The second-order valence-corrected chi connectivity index (χ2v) is 4.22. The third kappa shape index (κ3) is 3.00. The molecule has 0 aromatic rings. The molecule has 0 aliphatic heterocycles. The first kappa shape index (κ1) is 10.5. The van der Waals surface area contributed by atoms with Crippen molar-refractivity contribution in [3.05, 3.63) is 0 Å². The lowest BCUT2D eigenvalue weighted by atomic mass is 9.93. The van der Waals surface area contributed by atoms with Gasteiger partial charge in [0, 0.05) is 12.1 Å². The van der Waals surface area contributed by atoms with Gasteiger partial charge in [-0.3, -0.25) is 4.90 Å². The Hall–Kier alpha value is -0.550. The highest BCUT2D eigenvalue weighted by Crippen LogP contribution is 2.23. The summed E-state index contributed by atoms with van der Waals surface area (Å²) in [5, 5.41) is 8.72. The molecule has 1 fully saturated rings. The van der Waals surface area contributed by atoms with E-state index in [0.717, 1.165) is 0 Å². The van der Waals surface area contributed by atoms with Gasteiger partial charge in [0.25, 0.3) is 0 Å². The van der Waals surface area contributed by atoms with E-state index in [4.69, 9.17) is 5.26 Å². The highest BCUT2D eigenvalue weighted by molar-refractivity contribution is 4.85. The molecule has 0 atom stereocenters. The topological polar surface area (TPSA) is 27.0 Å². The molecule has 13 heavy (non-hydrogen) atoms. The Bertz CT molecular complexity index is 175. The van der Waals surface area contributed by atoms with Crippen LogP contribution in [0, 0.1) is 11.3 Å². The lowest BCUT2D eigenvalue weighted by Gasteiger charge is -2.35. The summed E-state index contributed by atoms with van der Waals surface area (Å²) in [5.74, 6) is 0. The summed E-state index contributed by atoms with van der Waals surface area (Å²) in [6.45, 7) is 4.97. The van der Waals surface area contributed by atoms with Gasteiger partial charge in [0.1, 0.15) is 0 Å². The van der Waals surface area contributed by atoms with Gasteiger partial charge in [-0.2, -0.15) is 5.26 Å². The third-order valence-corrected chi connectivity index (χ3v) is 2.96. The van der Waals surface area contributed by atoms with Crippen molar-refractivity contribution in [2.75, 3.05) is 6.54 Å². The molecule has 1 aliphatic rings. The fourth-order valence-corrected chi connectivity index (χ4v) is 2.23. The van der Waals surface area contributed by atoms with E-state index >= 15 is 0 Å². The van der Waals surface area contributed by atoms with Gasteiger partial charge in [-0.05, 0) is 26.7 Å². The number of rotatable bonds is 3. The summed E-state index contributed by atoms with van der Waals surface area (Å²) in [6.07, 6.45) is 6.66. The van der Waals surface area contributed by atoms with Crippen LogP contribution in [0.4, 0.5) is 0 Å². The van der Waals surface area contributed by atoms with E-state index in [1.807, 2.05) is 0 Å². The molecule has 2 heteroatoms. The Morgan fingerprint density at radius 1 is 1.31 bits per heavy atom. The van der Waals surface area contributed by atoms with Crippen molar-refractivity contribution in [3.63, 3.8) is 0 Å². The smallest absolute Gasteiger partial charge is 0.0870 e. The van der Waals surface area contributed by atoms with Crippen molar-refractivity contribution in [2.24, 2.45) is 0 Å². The van der Waals surface area contributed by atoms with Crippen LogP contribution in [0.1, 0.15) is 46.0 Å². The van der Waals surface area contributed by atoms with Crippen LogP contribution in [-0.4, -0.2) is 23.5 Å². The van der Waals surface area contributed by atoms with Crippen molar-refractivity contribution in [2.45, 2.75) is 58.0 Å². The van der Waals surface area contributed by atoms with Crippen LogP contribution >= 0.6 is 0 Å². The maximum Gasteiger partial charge on any atom is 0.0870 e. The summed E-state index contributed by atoms with van der Waals surface area (Å²) in [7, 11) is 0. The predicted molar refractivity (Wildman–Crippen MR) is 54.3 cm³/mol. The minimum Gasteiger partial charge on any atom is -0.285 e. The summed E-state index contributed by atoms with van der Waals surface area (Å²) in [6, 6.07) is 3.46. The summed E-state index contributed by atoms with van der Waals surface area (Å²) >= 11 is 0. The molecule has 1 rings (SSSR count). The molecule has 0 amide bonds. The van der Waals surface area contributed by atoms with Crippen molar-refractivity contribution in [1.29, 1.82) is 5.26 Å². The van der Waals surface area contributed by atoms with Gasteiger partial charge < -0.3 is 0 Å². The van der Waals surface area contributed by atoms with Crippen LogP contribution in [-0.2, 0) is 0 Å². The van der Waals surface area contributed by atoms with E-state index in [1.54, 1.807) is 0 Å². The molecule has 0 bridgehead atoms. The molecule has 0 saturated heterocycles. The number of nitrogens with zero attached hydrogens (tertiary/aromatic N) is 2. The summed E-state index contributed by atoms with van der Waals surface area (Å²) in [4.78, 5) is 2.35. The van der Waals surface area contributed by atoms with Gasteiger partial charge in [0.05, 0.1) is 12.6 Å². The zero-order valence-electron chi connectivity index (χ0n) is 8.79. The molecule has 0 radical (unpaired) electrons. The van der Waals surface area contributed by atoms with Crippen molar-refractivity contribution >= 4 is 0 Å². The Morgan fingerprint density at radius 3 is 2.38 bits per heavy atom. The maximum absolute atomic E-state index is 8.72. The van der Waals surface area contributed by atoms with E-state index in [1.165, 1.54) is 32.1 Å². The largest absolute Gasteiger partial charge is 0.285 e. The van der Waals surface area contributed by atoms with E-state index in [-0.39, 0.29) is 0 Å². The molecule has 2 nitrogen and oxygen atoms in total. The molecule has 0 spiro atoms. The highest BCUT2D eigenvalue weighted by atomic mass is 15.2. The minimum atomic E-state index is 0.516. The van der Waals surface area contributed by atoms with Crippen LogP contribution in [0.5, 0.6) is 0 Å². The Morgan fingerprint density at radius 2 is 1.92 bits per heavy atom. The van der Waals surface area contributed by atoms with Crippen LogP contribution in [0.25, 0.3) is 0 Å². The van der Waals surface area contributed by atoms with Crippen LogP contribution in [0.15, 0.2) is 0 Å². The van der Waals surface area contributed by atoms with Crippen LogP contribution in [0.3, 0.4) is 0 Å². The Balaban J connectivity index is 2.47. The second-order valence-electron chi connectivity index (χ2n) is 4.22. The normalized spacial score (nSPS) is 19.3.